The molecule has 129 heavy (non-hydrogen) atoms. The quantitative estimate of drug-likeness (QED) is 0.145. The normalized spacial score (nSPS) is 18.3. The second kappa shape index (κ2) is 31.6. The number of allylic oxidation sites excluding steroid dienone is 24. The molecule has 0 spiro atoms. The van der Waals surface area contributed by atoms with E-state index in [1.54, 1.807) is 6.33 Å². The highest BCUT2D eigenvalue weighted by Crippen LogP contribution is 2.40. The van der Waals surface area contributed by atoms with Crippen molar-refractivity contribution in [3.05, 3.63) is 467 Å². The van der Waals surface area contributed by atoms with Gasteiger partial charge in [-0.1, -0.05) is 236 Å². The van der Waals surface area contributed by atoms with Crippen molar-refractivity contribution in [2.45, 2.75) is 0 Å². The van der Waals surface area contributed by atoms with Gasteiger partial charge in [-0.05, 0) is 201 Å². The molecule has 0 aliphatic carbocycles. The van der Waals surface area contributed by atoms with Crippen LogP contribution in [0.5, 0.6) is 0 Å². The molecule has 21 heterocycles. The Hall–Kier alpha value is -16.0. The Bertz CT molecular complexity index is 6510. The van der Waals surface area contributed by atoms with E-state index in [9.17, 15) is 0 Å². The van der Waals surface area contributed by atoms with Crippen LogP contribution in [-0.4, -0.2) is 189 Å². The van der Waals surface area contributed by atoms with Crippen LogP contribution in [0.25, 0.3) is 99.9 Å². The Morgan fingerprint density at radius 3 is 0.837 bits per heavy atom. The van der Waals surface area contributed by atoms with E-state index in [1.807, 2.05) is 24.7 Å². The van der Waals surface area contributed by atoms with Gasteiger partial charge >= 0.3 is 83.8 Å². The third-order valence-corrected chi connectivity index (χ3v) is 26.5. The molecular formula is C95H74B12N22. The Morgan fingerprint density at radius 2 is 0.496 bits per heavy atom. The maximum Gasteiger partial charge on any atom is 0.381 e. The van der Waals surface area contributed by atoms with Crippen molar-refractivity contribution < 1.29 is 0 Å². The molecule has 0 N–H and O–H groups in total. The molecule has 0 saturated carbocycles. The molecule has 27 rings (SSSR count). The lowest BCUT2D eigenvalue weighted by Gasteiger charge is -2.53. The van der Waals surface area contributed by atoms with E-state index < -0.39 is 0 Å². The number of hydrogen-bond donors (Lipinski definition) is 0. The van der Waals surface area contributed by atoms with Gasteiger partial charge in [-0.2, -0.15) is 4.98 Å². The van der Waals surface area contributed by atoms with Crippen LogP contribution in [0.3, 0.4) is 0 Å². The number of rotatable bonds is 6. The Labute approximate surface area is 751 Å². The largest absolute Gasteiger partial charge is 0.423 e. The molecule has 0 unspecified atom stereocenters. The van der Waals surface area contributed by atoms with Crippen molar-refractivity contribution in [1.82, 2.24) is 105 Å². The van der Waals surface area contributed by atoms with Gasteiger partial charge in [0.05, 0.1) is 56.9 Å². The van der Waals surface area contributed by atoms with Crippen LogP contribution in [0.1, 0.15) is 17.2 Å². The fourth-order valence-electron chi connectivity index (χ4n) is 20.8. The molecule has 3 fully saturated rings. The average Bonchev–Trinajstić information content (AvgIpc) is 1.64. The predicted molar refractivity (Wildman–Crippen MR) is 534 cm³/mol. The number of aromatic nitrogens is 10. The summed E-state index contributed by atoms with van der Waals surface area (Å²) in [5, 5.41) is 7.17. The molecule has 0 atom stereocenters. The van der Waals surface area contributed by atoms with E-state index in [-0.39, 0.29) is 83.8 Å². The molecule has 6 aromatic carbocycles. The summed E-state index contributed by atoms with van der Waals surface area (Å²) >= 11 is 0. The van der Waals surface area contributed by atoms with Gasteiger partial charge in [0.2, 0.25) is 11.9 Å². The summed E-state index contributed by atoms with van der Waals surface area (Å²) in [5.74, 6) is 30.1. The van der Waals surface area contributed by atoms with Gasteiger partial charge in [0.1, 0.15) is 6.33 Å². The van der Waals surface area contributed by atoms with Gasteiger partial charge in [-0.25, -0.2) is 24.9 Å². The van der Waals surface area contributed by atoms with E-state index in [0.29, 0.717) is 17.7 Å². The standard InChI is InChI=1S/2C32H25B4N7.C31H24B4N8/c1-3-13-30-27(11-1)28-12-2-4-14-31(28)43(30)32-37-20-15-29(38-32)26-16-24-42-35-19-6-9-22-40(35)33-17-5-8-21-39(33)34-18-7-10-23-41(34)36(42)25-26;1-3-13-30-27(11-1)28-12-2-4-14-31(28)43(30)32-25-37-24-29(38-32)26-15-22-42-35-18-6-9-20-40(35)33-16-5-8-19-39(33)34-17-7-10-21-41(34)36(42)23-26;1-3-13-28-26(11-1)27-12-2-4-14-29(27)43(28)31-37-24-36-30(38-31)25-15-22-42-34-18-6-9-20-40(34)32-16-5-8-19-39(32)33-17-7-10-21-41(33)35(42)23-25/h2*1-25H;1-24H. The Morgan fingerprint density at radius 1 is 0.217 bits per heavy atom. The molecule has 3 saturated heterocycles. The van der Waals surface area contributed by atoms with Crippen molar-refractivity contribution in [3.8, 4) is 17.7 Å². The van der Waals surface area contributed by atoms with Crippen molar-refractivity contribution in [2.75, 3.05) is 0 Å². The first-order valence-electron chi connectivity index (χ1n) is 44.0. The first-order chi connectivity index (χ1) is 64.0. The topological polar surface area (TPSA) is 144 Å². The van der Waals surface area contributed by atoms with Crippen LogP contribution in [-0.2, 0) is 0 Å². The third-order valence-electron chi connectivity index (χ3n) is 26.5. The SMILES string of the molecule is C1=CB2N(C=C1)B1C=CC=CN1B1C=C(c3ccnc(-n4c5ccccc5c5ccccc54)n3)C=CN1B1C=CC=CN21.C1=CB2N(C=C1)B1C=CC=CN1B1C=C(c3cncc(-n4c5ccccc5c5ccccc54)n3)C=CN1B1C=CC=CN21.C1=CB2N(C=C1)B1C=CC=CN1B1C=C(c3ncnc(-n4c5ccccc5c5ccccc54)n3)C=CN1B1C=CC=CN21. The highest BCUT2D eigenvalue weighted by atomic mass is 15.3. The fraction of sp³-hybridized carbons (Fsp3) is 0. The zero-order valence-corrected chi connectivity index (χ0v) is 70.0. The van der Waals surface area contributed by atoms with Crippen LogP contribution < -0.4 is 0 Å². The Kier molecular flexibility index (Phi) is 18.5. The zero-order chi connectivity index (χ0) is 85.0. The van der Waals surface area contributed by atoms with Gasteiger partial charge in [0, 0.05) is 44.1 Å². The lowest BCUT2D eigenvalue weighted by Crippen LogP contribution is -2.73. The summed E-state index contributed by atoms with van der Waals surface area (Å²) in [6.45, 7) is 0.336. The molecule has 12 aromatic rings. The first kappa shape index (κ1) is 75.5. The van der Waals surface area contributed by atoms with Crippen LogP contribution in [0, 0.1) is 0 Å². The van der Waals surface area contributed by atoms with Crippen molar-refractivity contribution >= 4 is 166 Å². The highest BCUT2D eigenvalue weighted by Gasteiger charge is 2.54. The lowest BCUT2D eigenvalue weighted by atomic mass is 9.41. The van der Waals surface area contributed by atoms with E-state index in [1.165, 1.54) is 32.3 Å². The number of para-hydroxylation sites is 6. The molecule has 34 heteroatoms. The van der Waals surface area contributed by atoms with Crippen molar-refractivity contribution in [3.63, 3.8) is 0 Å². The molecular weight excluding hydrogens is 1580 g/mol. The lowest BCUT2D eigenvalue weighted by molar-refractivity contribution is 0.621. The number of hydrogen-bond acceptors (Lipinski definition) is 19. The van der Waals surface area contributed by atoms with Gasteiger partial charge in [-0.3, -0.25) is 18.7 Å². The summed E-state index contributed by atoms with van der Waals surface area (Å²) in [6, 6.07) is 52.8. The van der Waals surface area contributed by atoms with Gasteiger partial charge < -0.3 is 56.7 Å². The maximum atomic E-state index is 5.22. The fourth-order valence-corrected chi connectivity index (χ4v) is 20.8. The Balaban J connectivity index is 0.000000105. The average molecular weight is 1650 g/mol. The summed E-state index contributed by atoms with van der Waals surface area (Å²) in [5.41, 5.74) is 11.4. The predicted octanol–water partition coefficient (Wildman–Crippen LogP) is 14.6. The molecule has 15 aliphatic heterocycles. The molecule has 600 valence electrons. The van der Waals surface area contributed by atoms with Gasteiger partial charge in [0.25, 0.3) is 0 Å². The van der Waals surface area contributed by atoms with E-state index in [2.05, 4.69) is 500 Å². The molecule has 0 amide bonds. The first-order valence-corrected chi connectivity index (χ1v) is 44.0. The van der Waals surface area contributed by atoms with Crippen molar-refractivity contribution in [1.29, 1.82) is 0 Å². The molecule has 22 nitrogen and oxygen atoms in total. The van der Waals surface area contributed by atoms with Crippen LogP contribution in [0.4, 0.5) is 0 Å². The monoisotopic (exact) mass is 1650 g/mol. The van der Waals surface area contributed by atoms with Gasteiger partial charge in [0.15, 0.2) is 11.6 Å². The number of nitrogens with zero attached hydrogens (tertiary/aromatic N) is 22. The maximum absolute atomic E-state index is 5.22. The summed E-state index contributed by atoms with van der Waals surface area (Å²) in [7, 11) is 0. The van der Waals surface area contributed by atoms with Crippen LogP contribution in [0.15, 0.2) is 450 Å². The minimum Gasteiger partial charge on any atom is -0.423 e. The van der Waals surface area contributed by atoms with E-state index in [0.717, 1.165) is 67.0 Å². The summed E-state index contributed by atoms with van der Waals surface area (Å²) in [6.07, 6.45) is 78.5. The van der Waals surface area contributed by atoms with E-state index >= 15 is 0 Å². The second-order valence-electron chi connectivity index (χ2n) is 33.4. The molecule has 15 aliphatic rings. The third kappa shape index (κ3) is 12.8. The molecule has 6 aromatic heterocycles. The smallest absolute Gasteiger partial charge is 0.381 e. The van der Waals surface area contributed by atoms with E-state index in [4.69, 9.17) is 24.9 Å². The molecule has 0 bridgehead atoms. The van der Waals surface area contributed by atoms with Crippen LogP contribution in [0.2, 0.25) is 0 Å². The van der Waals surface area contributed by atoms with Crippen LogP contribution >= 0.6 is 0 Å². The second-order valence-corrected chi connectivity index (χ2v) is 33.4. The minimum absolute atomic E-state index is 0.0273. The number of fused-ring (bicyclic) bond motifs is 33. The number of benzene rings is 6. The summed E-state index contributed by atoms with van der Waals surface area (Å²) < 4.78 is 35.5. The molecule has 0 radical (unpaired) electrons. The van der Waals surface area contributed by atoms with Crippen molar-refractivity contribution in [2.24, 2.45) is 0 Å². The highest BCUT2D eigenvalue weighted by molar-refractivity contribution is 6.95. The van der Waals surface area contributed by atoms with Gasteiger partial charge in [-0.15, -0.1) is 0 Å². The zero-order valence-electron chi connectivity index (χ0n) is 70.0. The minimum atomic E-state index is -0.0800. The summed E-state index contributed by atoms with van der Waals surface area (Å²) in [4.78, 5) is 34.2.